The Morgan fingerprint density at radius 2 is 1.94 bits per heavy atom. The topological polar surface area (TPSA) is 70.7 Å². The van der Waals surface area contributed by atoms with Gasteiger partial charge < -0.3 is 4.98 Å². The zero-order valence-electron chi connectivity index (χ0n) is 9.11. The number of nitrogens with zero attached hydrogens (tertiary/aromatic N) is 1. The average molecular weight is 245 g/mol. The number of aromatic amines is 2. The summed E-state index contributed by atoms with van der Waals surface area (Å²) in [6.07, 6.45) is 2.86. The molecule has 3 rings (SSSR count). The zero-order valence-corrected chi connectivity index (χ0v) is 9.11. The highest BCUT2D eigenvalue weighted by Crippen LogP contribution is 2.21. The third-order valence-electron chi connectivity index (χ3n) is 2.73. The monoisotopic (exact) mass is 245 g/mol. The van der Waals surface area contributed by atoms with Gasteiger partial charge in [0.1, 0.15) is 0 Å². The van der Waals surface area contributed by atoms with Crippen molar-refractivity contribution in [1.29, 1.82) is 0 Å². The highest BCUT2D eigenvalue weighted by Gasteiger charge is 2.11. The molecule has 0 spiro atoms. The summed E-state index contributed by atoms with van der Waals surface area (Å²) in [6, 6.07) is 6.09. The van der Waals surface area contributed by atoms with Gasteiger partial charge in [0.2, 0.25) is 0 Å². The summed E-state index contributed by atoms with van der Waals surface area (Å²) < 4.78 is 15.2. The molecule has 1 aromatic carbocycles. The van der Waals surface area contributed by atoms with Crippen molar-refractivity contribution in [2.75, 3.05) is 0 Å². The second-order valence-electron chi connectivity index (χ2n) is 3.82. The third-order valence-corrected chi connectivity index (χ3v) is 2.73. The lowest BCUT2D eigenvalue weighted by molar-refractivity contribution is 0.623. The van der Waals surface area contributed by atoms with Crippen molar-refractivity contribution in [3.8, 4) is 5.69 Å². The Balaban J connectivity index is 2.34. The van der Waals surface area contributed by atoms with Crippen LogP contribution in [0.2, 0.25) is 0 Å². The maximum Gasteiger partial charge on any atom is 0.333 e. The van der Waals surface area contributed by atoms with E-state index in [4.69, 9.17) is 0 Å². The first-order valence-electron chi connectivity index (χ1n) is 5.25. The maximum absolute atomic E-state index is 14.2. The third kappa shape index (κ3) is 1.46. The van der Waals surface area contributed by atoms with E-state index in [1.165, 1.54) is 18.3 Å². The van der Waals surface area contributed by atoms with Gasteiger partial charge in [-0.3, -0.25) is 14.3 Å². The smallest absolute Gasteiger partial charge is 0.333 e. The Morgan fingerprint density at radius 1 is 1.11 bits per heavy atom. The molecular formula is C12H8FN3O2. The second kappa shape index (κ2) is 3.69. The fourth-order valence-corrected chi connectivity index (χ4v) is 1.87. The predicted molar refractivity (Wildman–Crippen MR) is 64.5 cm³/mol. The largest absolute Gasteiger partial charge is 0.359 e. The van der Waals surface area contributed by atoms with Gasteiger partial charge in [0.25, 0.3) is 5.56 Å². The van der Waals surface area contributed by atoms with Crippen LogP contribution in [0.5, 0.6) is 0 Å². The van der Waals surface area contributed by atoms with E-state index in [-0.39, 0.29) is 5.69 Å². The predicted octanol–water partition coefficient (Wildman–Crippen LogP) is 1.15. The number of hydrogen-bond donors (Lipinski definition) is 2. The van der Waals surface area contributed by atoms with Gasteiger partial charge in [0.05, 0.1) is 11.2 Å². The van der Waals surface area contributed by atoms with Crippen LogP contribution in [0.3, 0.4) is 0 Å². The van der Waals surface area contributed by atoms with Crippen LogP contribution in [0, 0.1) is 5.82 Å². The first kappa shape index (κ1) is 10.5. The molecule has 5 nitrogen and oxygen atoms in total. The van der Waals surface area contributed by atoms with Crippen LogP contribution in [0.15, 0.2) is 46.2 Å². The molecule has 2 heterocycles. The molecule has 2 aromatic heterocycles. The number of benzene rings is 1. The van der Waals surface area contributed by atoms with Gasteiger partial charge >= 0.3 is 5.69 Å². The van der Waals surface area contributed by atoms with Gasteiger partial charge in [-0.1, -0.05) is 6.07 Å². The average Bonchev–Trinajstić information content (AvgIpc) is 2.80. The summed E-state index contributed by atoms with van der Waals surface area (Å²) in [5, 5.41) is 0.716. The molecule has 3 aromatic rings. The van der Waals surface area contributed by atoms with E-state index >= 15 is 0 Å². The normalized spacial score (nSPS) is 10.9. The first-order valence-corrected chi connectivity index (χ1v) is 5.25. The van der Waals surface area contributed by atoms with Crippen LogP contribution in [-0.4, -0.2) is 14.5 Å². The van der Waals surface area contributed by atoms with Gasteiger partial charge in [-0.2, -0.15) is 0 Å². The highest BCUT2D eigenvalue weighted by atomic mass is 19.1. The molecule has 0 amide bonds. The summed E-state index contributed by atoms with van der Waals surface area (Å²) in [5.74, 6) is -0.536. The van der Waals surface area contributed by atoms with Crippen LogP contribution < -0.4 is 11.2 Å². The summed E-state index contributed by atoms with van der Waals surface area (Å²) in [4.78, 5) is 27.4. The Morgan fingerprint density at radius 3 is 2.72 bits per heavy atom. The fourth-order valence-electron chi connectivity index (χ4n) is 1.87. The summed E-state index contributed by atoms with van der Waals surface area (Å²) in [7, 11) is 0. The summed E-state index contributed by atoms with van der Waals surface area (Å²) >= 11 is 0. The quantitative estimate of drug-likeness (QED) is 0.675. The number of H-pyrrole nitrogens is 2. The summed E-state index contributed by atoms with van der Waals surface area (Å²) in [6.45, 7) is 0. The Kier molecular flexibility index (Phi) is 2.16. The number of rotatable bonds is 1. The molecule has 0 aliphatic carbocycles. The van der Waals surface area contributed by atoms with E-state index < -0.39 is 17.1 Å². The molecule has 0 unspecified atom stereocenters. The lowest BCUT2D eigenvalue weighted by atomic mass is 10.2. The molecule has 2 N–H and O–H groups in total. The number of hydrogen-bond acceptors (Lipinski definition) is 2. The van der Waals surface area contributed by atoms with Crippen molar-refractivity contribution in [1.82, 2.24) is 14.5 Å². The van der Waals surface area contributed by atoms with E-state index in [0.29, 0.717) is 10.9 Å². The van der Waals surface area contributed by atoms with Crippen molar-refractivity contribution in [2.24, 2.45) is 0 Å². The van der Waals surface area contributed by atoms with E-state index in [0.717, 1.165) is 4.57 Å². The molecule has 0 fully saturated rings. The van der Waals surface area contributed by atoms with Crippen LogP contribution in [0.4, 0.5) is 4.39 Å². The van der Waals surface area contributed by atoms with Crippen LogP contribution in [0.25, 0.3) is 16.6 Å². The zero-order chi connectivity index (χ0) is 12.7. The van der Waals surface area contributed by atoms with Gasteiger partial charge in [0.15, 0.2) is 5.82 Å². The number of aromatic nitrogens is 3. The Hall–Kier alpha value is -2.63. The molecule has 0 saturated carbocycles. The molecule has 0 bridgehead atoms. The van der Waals surface area contributed by atoms with Crippen molar-refractivity contribution in [3.05, 3.63) is 63.3 Å². The van der Waals surface area contributed by atoms with Crippen molar-refractivity contribution < 1.29 is 4.39 Å². The minimum atomic E-state index is -0.674. The van der Waals surface area contributed by atoms with Gasteiger partial charge in [0, 0.05) is 23.8 Å². The van der Waals surface area contributed by atoms with Crippen LogP contribution >= 0.6 is 0 Å². The molecule has 0 aliphatic rings. The Labute approximate surface area is 99.5 Å². The van der Waals surface area contributed by atoms with E-state index in [1.807, 2.05) is 0 Å². The first-order chi connectivity index (χ1) is 8.66. The molecule has 18 heavy (non-hydrogen) atoms. The number of fused-ring (bicyclic) bond motifs is 1. The Bertz CT molecular complexity index is 844. The lowest BCUT2D eigenvalue weighted by Gasteiger charge is -2.06. The molecule has 0 aliphatic heterocycles. The van der Waals surface area contributed by atoms with E-state index in [1.54, 1.807) is 18.3 Å². The fraction of sp³-hybridized carbons (Fsp3) is 0. The molecule has 6 heteroatoms. The molecule has 90 valence electrons. The molecule has 0 saturated heterocycles. The molecule has 0 radical (unpaired) electrons. The summed E-state index contributed by atoms with van der Waals surface area (Å²) in [5.41, 5.74) is -0.776. The van der Waals surface area contributed by atoms with E-state index in [2.05, 4.69) is 9.97 Å². The SMILES string of the molecule is O=c1ccn(-c2ccc3cc[nH]c3c2F)c(=O)[nH]1. The van der Waals surface area contributed by atoms with Crippen LogP contribution in [0.1, 0.15) is 0 Å². The maximum atomic E-state index is 14.2. The minimum Gasteiger partial charge on any atom is -0.359 e. The van der Waals surface area contributed by atoms with Gasteiger partial charge in [-0.15, -0.1) is 0 Å². The van der Waals surface area contributed by atoms with Gasteiger partial charge in [-0.25, -0.2) is 9.18 Å². The van der Waals surface area contributed by atoms with Crippen LogP contribution in [-0.2, 0) is 0 Å². The molecular weight excluding hydrogens is 237 g/mol. The minimum absolute atomic E-state index is 0.0891. The van der Waals surface area contributed by atoms with Crippen molar-refractivity contribution >= 4 is 10.9 Å². The molecule has 0 atom stereocenters. The number of halogens is 1. The highest BCUT2D eigenvalue weighted by molar-refractivity contribution is 5.82. The standard InChI is InChI=1S/C12H8FN3O2/c13-10-8(2-1-7-3-5-14-11(7)10)16-6-4-9(17)15-12(16)18/h1-6,14H,(H,15,17,18). The van der Waals surface area contributed by atoms with Crippen molar-refractivity contribution in [2.45, 2.75) is 0 Å². The lowest BCUT2D eigenvalue weighted by Crippen LogP contribution is -2.27. The van der Waals surface area contributed by atoms with Crippen molar-refractivity contribution in [3.63, 3.8) is 0 Å². The van der Waals surface area contributed by atoms with E-state index in [9.17, 15) is 14.0 Å². The second-order valence-corrected chi connectivity index (χ2v) is 3.82. The number of nitrogens with one attached hydrogen (secondary N) is 2. The van der Waals surface area contributed by atoms with Gasteiger partial charge in [-0.05, 0) is 12.1 Å².